The van der Waals surface area contributed by atoms with Crippen molar-refractivity contribution in [3.63, 3.8) is 0 Å². The van der Waals surface area contributed by atoms with E-state index in [1.807, 2.05) is 0 Å². The summed E-state index contributed by atoms with van der Waals surface area (Å²) in [5, 5.41) is 0. The molecule has 1 aliphatic heterocycles. The molecule has 0 N–H and O–H groups in total. The third-order valence-corrected chi connectivity index (χ3v) is 2.29. The molecular weight excluding hydrogens is 152 g/mol. The summed E-state index contributed by atoms with van der Waals surface area (Å²) in [7, 11) is 0. The molecular formula is C9H16N2O. The van der Waals surface area contributed by atoms with Crippen LogP contribution in [0, 0.1) is 6.92 Å². The molecule has 0 aromatic heterocycles. The molecule has 3 heteroatoms. The van der Waals surface area contributed by atoms with Crippen molar-refractivity contribution in [2.24, 2.45) is 0 Å². The van der Waals surface area contributed by atoms with E-state index in [-0.39, 0.29) is 5.78 Å². The third kappa shape index (κ3) is 2.91. The quantitative estimate of drug-likeness (QED) is 0.588. The first-order chi connectivity index (χ1) is 5.72. The first-order valence-electron chi connectivity index (χ1n) is 4.45. The van der Waals surface area contributed by atoms with Crippen molar-refractivity contribution in [3.05, 3.63) is 6.92 Å². The predicted octanol–water partition coefficient (Wildman–Crippen LogP) is -0.0959. The Morgan fingerprint density at radius 1 is 1.25 bits per heavy atom. The van der Waals surface area contributed by atoms with Gasteiger partial charge in [-0.25, -0.2) is 0 Å². The molecule has 1 rings (SSSR count). The number of rotatable bonds is 3. The molecule has 2 radical (unpaired) electrons. The molecule has 0 unspecified atom stereocenters. The lowest BCUT2D eigenvalue weighted by atomic mass is 10.3. The van der Waals surface area contributed by atoms with Crippen molar-refractivity contribution < 1.29 is 4.79 Å². The molecule has 0 aromatic carbocycles. The minimum atomic E-state index is -0.222. The molecule has 0 aliphatic carbocycles. The molecule has 1 aliphatic rings. The van der Waals surface area contributed by atoms with E-state index >= 15 is 0 Å². The Morgan fingerprint density at radius 2 is 1.75 bits per heavy atom. The molecule has 3 nitrogen and oxygen atoms in total. The van der Waals surface area contributed by atoms with Crippen LogP contribution in [-0.4, -0.2) is 54.9 Å². The normalized spacial score (nSPS) is 21.2. The van der Waals surface area contributed by atoms with E-state index in [9.17, 15) is 4.79 Å². The van der Waals surface area contributed by atoms with Crippen molar-refractivity contribution >= 4 is 5.78 Å². The van der Waals surface area contributed by atoms with Crippen LogP contribution in [0.3, 0.4) is 0 Å². The highest BCUT2D eigenvalue weighted by molar-refractivity contribution is 5.84. The number of nitrogens with zero attached hydrogens (tertiary/aromatic N) is 2. The molecule has 1 heterocycles. The van der Waals surface area contributed by atoms with Crippen LogP contribution in [0.15, 0.2) is 0 Å². The van der Waals surface area contributed by atoms with Crippen molar-refractivity contribution in [2.45, 2.75) is 6.92 Å². The maximum absolute atomic E-state index is 10.6. The van der Waals surface area contributed by atoms with E-state index in [0.717, 1.165) is 32.7 Å². The second-order valence-corrected chi connectivity index (χ2v) is 3.18. The van der Waals surface area contributed by atoms with Gasteiger partial charge < -0.3 is 4.90 Å². The molecule has 0 aromatic rings. The predicted molar refractivity (Wildman–Crippen MR) is 47.9 cm³/mol. The Labute approximate surface area is 74.3 Å². The Morgan fingerprint density at radius 3 is 2.17 bits per heavy atom. The van der Waals surface area contributed by atoms with E-state index in [1.54, 1.807) is 0 Å². The zero-order valence-electron chi connectivity index (χ0n) is 7.62. The van der Waals surface area contributed by atoms with Crippen LogP contribution in [0.2, 0.25) is 0 Å². The number of carbonyl (C=O) groups is 1. The minimum absolute atomic E-state index is 0.222. The van der Waals surface area contributed by atoms with E-state index in [2.05, 4.69) is 16.7 Å². The van der Waals surface area contributed by atoms with Gasteiger partial charge in [0, 0.05) is 33.1 Å². The molecule has 0 saturated carbocycles. The van der Waals surface area contributed by atoms with Gasteiger partial charge in [-0.2, -0.15) is 0 Å². The van der Waals surface area contributed by atoms with Gasteiger partial charge in [0.05, 0.1) is 6.54 Å². The van der Waals surface area contributed by atoms with Crippen molar-refractivity contribution in [1.29, 1.82) is 0 Å². The molecule has 1 fully saturated rings. The topological polar surface area (TPSA) is 23.6 Å². The largest absolute Gasteiger partial charge is 0.301 e. The fourth-order valence-electron chi connectivity index (χ4n) is 1.48. The van der Waals surface area contributed by atoms with Gasteiger partial charge in [0.2, 0.25) is 0 Å². The zero-order valence-corrected chi connectivity index (χ0v) is 7.62. The maximum atomic E-state index is 10.6. The smallest absolute Gasteiger partial charge is 0.151 e. The van der Waals surface area contributed by atoms with E-state index < -0.39 is 0 Å². The van der Waals surface area contributed by atoms with Gasteiger partial charge >= 0.3 is 0 Å². The van der Waals surface area contributed by atoms with Crippen LogP contribution in [0.25, 0.3) is 0 Å². The van der Waals surface area contributed by atoms with Gasteiger partial charge in [0.15, 0.2) is 5.78 Å². The van der Waals surface area contributed by atoms with Crippen molar-refractivity contribution in [3.8, 4) is 0 Å². The highest BCUT2D eigenvalue weighted by Crippen LogP contribution is 2.00. The van der Waals surface area contributed by atoms with E-state index in [1.165, 1.54) is 0 Å². The Bertz CT molecular complexity index is 151. The summed E-state index contributed by atoms with van der Waals surface area (Å²) < 4.78 is 0. The highest BCUT2D eigenvalue weighted by atomic mass is 16.1. The molecule has 0 spiro atoms. The third-order valence-electron chi connectivity index (χ3n) is 2.29. The number of piperazine rings is 1. The highest BCUT2D eigenvalue weighted by Gasteiger charge is 2.15. The number of hydrogen-bond acceptors (Lipinski definition) is 3. The number of ketones is 1. The lowest BCUT2D eigenvalue weighted by Crippen LogP contribution is -2.47. The van der Waals surface area contributed by atoms with Gasteiger partial charge in [0.25, 0.3) is 0 Å². The average molecular weight is 168 g/mol. The molecule has 0 bridgehead atoms. The maximum Gasteiger partial charge on any atom is 0.151 e. The molecule has 0 amide bonds. The summed E-state index contributed by atoms with van der Waals surface area (Å²) >= 11 is 0. The van der Waals surface area contributed by atoms with Gasteiger partial charge in [-0.05, 0) is 6.54 Å². The summed E-state index contributed by atoms with van der Waals surface area (Å²) in [5.74, 6) is -0.222. The fraction of sp³-hybridized carbons (Fsp3) is 0.778. The van der Waals surface area contributed by atoms with E-state index in [4.69, 9.17) is 6.92 Å². The number of hydrogen-bond donors (Lipinski definition) is 0. The molecule has 12 heavy (non-hydrogen) atoms. The van der Waals surface area contributed by atoms with Crippen LogP contribution in [0.5, 0.6) is 0 Å². The van der Waals surface area contributed by atoms with Gasteiger partial charge in [-0.1, -0.05) is 6.92 Å². The standard InChI is InChI=1S/C9H16N2O/c1-3-10-4-6-11(7-5-10)8-9(2)12/h2H,3-8H2,1H3. The second kappa shape index (κ2) is 4.58. The van der Waals surface area contributed by atoms with E-state index in [0.29, 0.717) is 6.54 Å². The number of likely N-dealkylation sites (N-methyl/N-ethyl adjacent to an activating group) is 1. The lowest BCUT2D eigenvalue weighted by molar-refractivity contribution is -0.116. The van der Waals surface area contributed by atoms with Crippen LogP contribution >= 0.6 is 0 Å². The molecule has 0 atom stereocenters. The Balaban J connectivity index is 2.21. The van der Waals surface area contributed by atoms with Gasteiger partial charge in [-0.3, -0.25) is 9.69 Å². The SMILES string of the molecule is [CH]C(=O)CN1CCN(CC)CC1. The first kappa shape index (κ1) is 9.68. The molecule has 68 valence electrons. The Hall–Kier alpha value is -0.410. The van der Waals surface area contributed by atoms with Gasteiger partial charge in [0.1, 0.15) is 0 Å². The first-order valence-corrected chi connectivity index (χ1v) is 4.45. The summed E-state index contributed by atoms with van der Waals surface area (Å²) in [4.78, 5) is 15.1. The van der Waals surface area contributed by atoms with Gasteiger partial charge in [-0.15, -0.1) is 0 Å². The van der Waals surface area contributed by atoms with Crippen molar-refractivity contribution in [2.75, 3.05) is 39.3 Å². The second-order valence-electron chi connectivity index (χ2n) is 3.18. The number of carbonyl (C=O) groups excluding carboxylic acids is 1. The average Bonchev–Trinajstić information content (AvgIpc) is 2.05. The minimum Gasteiger partial charge on any atom is -0.301 e. The lowest BCUT2D eigenvalue weighted by Gasteiger charge is -2.33. The van der Waals surface area contributed by atoms with Crippen molar-refractivity contribution in [1.82, 2.24) is 9.80 Å². The fourth-order valence-corrected chi connectivity index (χ4v) is 1.48. The summed E-state index contributed by atoms with van der Waals surface area (Å²) in [6.07, 6.45) is 0. The summed E-state index contributed by atoms with van der Waals surface area (Å²) in [6.45, 7) is 12.8. The van der Waals surface area contributed by atoms with Crippen LogP contribution in [-0.2, 0) is 4.79 Å². The number of Topliss-reactive ketones (excluding diaryl/α,β-unsaturated/α-hetero) is 1. The summed E-state index contributed by atoms with van der Waals surface area (Å²) in [6, 6.07) is 0. The zero-order chi connectivity index (χ0) is 8.97. The monoisotopic (exact) mass is 168 g/mol. The van der Waals surface area contributed by atoms with Crippen LogP contribution in [0.4, 0.5) is 0 Å². The van der Waals surface area contributed by atoms with Crippen LogP contribution < -0.4 is 0 Å². The van der Waals surface area contributed by atoms with Crippen LogP contribution in [0.1, 0.15) is 6.92 Å². The Kier molecular flexibility index (Phi) is 3.69. The molecule has 1 saturated heterocycles. The summed E-state index contributed by atoms with van der Waals surface area (Å²) in [5.41, 5.74) is 0.